The molecule has 0 fully saturated rings. The van der Waals surface area contributed by atoms with Crippen molar-refractivity contribution in [3.05, 3.63) is 48.5 Å². The molecule has 6 N–H and O–H groups in total. The molecule has 0 unspecified atom stereocenters. The fourth-order valence-electron chi connectivity index (χ4n) is 2.03. The molecule has 2 rings (SSSR count). The lowest BCUT2D eigenvalue weighted by Gasteiger charge is -2.10. The maximum absolute atomic E-state index is 5.74. The zero-order valence-corrected chi connectivity index (χ0v) is 13.1. The summed E-state index contributed by atoms with van der Waals surface area (Å²) in [5.74, 6) is 0.485. The van der Waals surface area contributed by atoms with Crippen molar-refractivity contribution in [2.75, 3.05) is 6.61 Å². The van der Waals surface area contributed by atoms with Crippen LogP contribution in [0.15, 0.2) is 58.5 Å². The number of rotatable bonds is 5. The Bertz CT molecular complexity index is 706. The Morgan fingerprint density at radius 3 is 2.39 bits per heavy atom. The number of guanidine groups is 2. The van der Waals surface area contributed by atoms with E-state index in [2.05, 4.69) is 9.98 Å². The highest BCUT2D eigenvalue weighted by Gasteiger charge is 2.07. The van der Waals surface area contributed by atoms with Crippen molar-refractivity contribution in [3.8, 4) is 16.9 Å². The number of ether oxygens (including phenoxy) is 1. The first-order chi connectivity index (χ1) is 11.1. The summed E-state index contributed by atoms with van der Waals surface area (Å²) in [4.78, 5) is 8.00. The molecule has 0 radical (unpaired) electrons. The van der Waals surface area contributed by atoms with E-state index in [1.807, 2.05) is 55.5 Å². The van der Waals surface area contributed by atoms with Gasteiger partial charge >= 0.3 is 0 Å². The molecule has 0 saturated carbocycles. The third-order valence-electron chi connectivity index (χ3n) is 3.01. The Morgan fingerprint density at radius 2 is 1.74 bits per heavy atom. The first-order valence-corrected chi connectivity index (χ1v) is 7.36. The van der Waals surface area contributed by atoms with E-state index in [0.29, 0.717) is 18.0 Å². The van der Waals surface area contributed by atoms with Crippen molar-refractivity contribution in [1.82, 2.24) is 0 Å². The highest BCUT2D eigenvalue weighted by molar-refractivity contribution is 5.94. The van der Waals surface area contributed by atoms with Crippen molar-refractivity contribution in [2.24, 2.45) is 27.2 Å². The zero-order chi connectivity index (χ0) is 16.7. The molecule has 6 nitrogen and oxygen atoms in total. The number of nitrogens with zero attached hydrogens (tertiary/aromatic N) is 2. The molecule has 0 aromatic heterocycles. The largest absolute Gasteiger partial charge is 0.491 e. The first-order valence-electron chi connectivity index (χ1n) is 7.36. The summed E-state index contributed by atoms with van der Waals surface area (Å²) in [6, 6.07) is 15.7. The van der Waals surface area contributed by atoms with Crippen LogP contribution in [0.2, 0.25) is 0 Å². The summed E-state index contributed by atoms with van der Waals surface area (Å²) in [6.07, 6.45) is 0.896. The van der Waals surface area contributed by atoms with Gasteiger partial charge in [0, 0.05) is 0 Å². The van der Waals surface area contributed by atoms with Crippen LogP contribution in [0, 0.1) is 0 Å². The minimum absolute atomic E-state index is 0.0171. The molecule has 0 spiro atoms. The molecule has 0 aliphatic carbocycles. The highest BCUT2D eigenvalue weighted by Crippen LogP contribution is 2.33. The van der Waals surface area contributed by atoms with Crippen LogP contribution < -0.4 is 21.9 Å². The maximum Gasteiger partial charge on any atom is 0.223 e. The zero-order valence-electron chi connectivity index (χ0n) is 13.1. The van der Waals surface area contributed by atoms with Gasteiger partial charge in [-0.2, -0.15) is 4.99 Å². The number of nitrogens with two attached hydrogens (primary N) is 3. The summed E-state index contributed by atoms with van der Waals surface area (Å²) in [5, 5.41) is 0. The Morgan fingerprint density at radius 1 is 1.00 bits per heavy atom. The minimum atomic E-state index is -0.138. The molecule has 0 amide bonds. The van der Waals surface area contributed by atoms with Gasteiger partial charge in [-0.1, -0.05) is 43.3 Å². The van der Waals surface area contributed by atoms with Crippen LogP contribution in [0.5, 0.6) is 5.75 Å². The van der Waals surface area contributed by atoms with E-state index in [1.54, 1.807) is 0 Å². The fraction of sp³-hybridized carbons (Fsp3) is 0.176. The van der Waals surface area contributed by atoms with E-state index in [1.165, 1.54) is 0 Å². The Balaban J connectivity index is 2.44. The second-order valence-electron chi connectivity index (χ2n) is 4.90. The average Bonchev–Trinajstić information content (AvgIpc) is 2.53. The van der Waals surface area contributed by atoms with Crippen LogP contribution in [-0.4, -0.2) is 18.5 Å². The van der Waals surface area contributed by atoms with E-state index in [-0.39, 0.29) is 11.9 Å². The highest BCUT2D eigenvalue weighted by atomic mass is 16.5. The summed E-state index contributed by atoms with van der Waals surface area (Å²) in [6.45, 7) is 2.63. The van der Waals surface area contributed by atoms with E-state index in [9.17, 15) is 0 Å². The van der Waals surface area contributed by atoms with Gasteiger partial charge in [0.25, 0.3) is 0 Å². The molecule has 0 bridgehead atoms. The van der Waals surface area contributed by atoms with E-state index >= 15 is 0 Å². The maximum atomic E-state index is 5.74. The van der Waals surface area contributed by atoms with Gasteiger partial charge in [-0.25, -0.2) is 4.99 Å². The Labute approximate surface area is 135 Å². The summed E-state index contributed by atoms with van der Waals surface area (Å²) in [7, 11) is 0. The van der Waals surface area contributed by atoms with Crippen molar-refractivity contribution in [2.45, 2.75) is 13.3 Å². The van der Waals surface area contributed by atoms with Gasteiger partial charge in [-0.05, 0) is 29.7 Å². The summed E-state index contributed by atoms with van der Waals surface area (Å²) in [5.41, 5.74) is 19.0. The number of benzene rings is 2. The van der Waals surface area contributed by atoms with E-state index in [4.69, 9.17) is 21.9 Å². The lowest BCUT2D eigenvalue weighted by Crippen LogP contribution is -2.26. The van der Waals surface area contributed by atoms with Crippen molar-refractivity contribution >= 4 is 17.6 Å². The van der Waals surface area contributed by atoms with Gasteiger partial charge in [0.1, 0.15) is 11.4 Å². The molecule has 0 aliphatic heterocycles. The minimum Gasteiger partial charge on any atom is -0.491 e. The topological polar surface area (TPSA) is 112 Å². The third-order valence-corrected chi connectivity index (χ3v) is 3.01. The molecule has 2 aromatic rings. The second-order valence-corrected chi connectivity index (χ2v) is 4.90. The molecule has 2 aromatic carbocycles. The Hall–Kier alpha value is -3.02. The Kier molecular flexibility index (Phi) is 5.57. The number of aliphatic imine (C=N–C) groups is 2. The lowest BCUT2D eigenvalue weighted by molar-refractivity contribution is 0.318. The van der Waals surface area contributed by atoms with Crippen LogP contribution in [0.25, 0.3) is 11.1 Å². The molecular weight excluding hydrogens is 290 g/mol. The standard InChI is InChI=1S/C17H21N5O/c1-2-10-23-15-9-8-13(12-6-4-3-5-7-12)11-14(15)21-17(20)22-16(18)19/h3-9,11H,2,10H2,1H3,(H6,18,19,20,21,22). The first kappa shape index (κ1) is 16.4. The van der Waals surface area contributed by atoms with Crippen molar-refractivity contribution in [1.29, 1.82) is 0 Å². The molecule has 120 valence electrons. The van der Waals surface area contributed by atoms with E-state index < -0.39 is 0 Å². The smallest absolute Gasteiger partial charge is 0.223 e. The van der Waals surface area contributed by atoms with Gasteiger partial charge in [-0.3, -0.25) is 0 Å². The average molecular weight is 311 g/mol. The lowest BCUT2D eigenvalue weighted by atomic mass is 10.0. The predicted molar refractivity (Wildman–Crippen MR) is 94.8 cm³/mol. The summed E-state index contributed by atoms with van der Waals surface area (Å²) >= 11 is 0. The van der Waals surface area contributed by atoms with Gasteiger partial charge in [0.15, 0.2) is 5.96 Å². The molecule has 0 aliphatic rings. The normalized spacial score (nSPS) is 11.1. The fourth-order valence-corrected chi connectivity index (χ4v) is 2.03. The molecule has 6 heteroatoms. The van der Waals surface area contributed by atoms with E-state index in [0.717, 1.165) is 17.5 Å². The van der Waals surface area contributed by atoms with Crippen LogP contribution in [-0.2, 0) is 0 Å². The van der Waals surface area contributed by atoms with Crippen LogP contribution in [0.4, 0.5) is 5.69 Å². The molecular formula is C17H21N5O. The molecule has 0 atom stereocenters. The van der Waals surface area contributed by atoms with Crippen molar-refractivity contribution in [3.63, 3.8) is 0 Å². The molecule has 0 heterocycles. The quantitative estimate of drug-likeness (QED) is 0.581. The number of hydrogen-bond donors (Lipinski definition) is 3. The van der Waals surface area contributed by atoms with Crippen LogP contribution in [0.1, 0.15) is 13.3 Å². The van der Waals surface area contributed by atoms with Crippen LogP contribution >= 0.6 is 0 Å². The second kappa shape index (κ2) is 7.84. The van der Waals surface area contributed by atoms with Gasteiger partial charge in [0.05, 0.1) is 6.61 Å². The summed E-state index contributed by atoms with van der Waals surface area (Å²) < 4.78 is 5.71. The third kappa shape index (κ3) is 4.74. The van der Waals surface area contributed by atoms with Gasteiger partial charge < -0.3 is 21.9 Å². The number of hydrogen-bond acceptors (Lipinski definition) is 2. The molecule has 23 heavy (non-hydrogen) atoms. The predicted octanol–water partition coefficient (Wildman–Crippen LogP) is 2.36. The van der Waals surface area contributed by atoms with Crippen LogP contribution in [0.3, 0.4) is 0 Å². The molecule has 0 saturated heterocycles. The SMILES string of the molecule is CCCOc1ccc(-c2ccccc2)cc1N=C(N)N=C(N)N. The van der Waals surface area contributed by atoms with Gasteiger partial charge in [0.2, 0.25) is 5.96 Å². The monoisotopic (exact) mass is 311 g/mol. The van der Waals surface area contributed by atoms with Gasteiger partial charge in [-0.15, -0.1) is 0 Å². The van der Waals surface area contributed by atoms with Crippen molar-refractivity contribution < 1.29 is 4.74 Å².